The molecule has 0 spiro atoms. The van der Waals surface area contributed by atoms with Gasteiger partial charge in [0.05, 0.1) is 0 Å². The molecule has 0 radical (unpaired) electrons. The summed E-state index contributed by atoms with van der Waals surface area (Å²) >= 11 is 3.64. The van der Waals surface area contributed by atoms with Gasteiger partial charge in [0.1, 0.15) is 0 Å². The fraction of sp³-hybridized carbons (Fsp3) is 0. The van der Waals surface area contributed by atoms with Gasteiger partial charge in [0, 0.05) is 15.7 Å². The lowest BCUT2D eigenvalue weighted by molar-refractivity contribution is 1.65. The van der Waals surface area contributed by atoms with Crippen LogP contribution in [0, 0.1) is 0 Å². The summed E-state index contributed by atoms with van der Waals surface area (Å²) < 4.78 is 1.10. The maximum absolute atomic E-state index is 6.34. The molecule has 0 aliphatic rings. The smallest absolute Gasteiger partial charge is 0.0400 e. The highest BCUT2D eigenvalue weighted by Crippen LogP contribution is 2.39. The molecule has 0 saturated carbocycles. The monoisotopic (exact) mass is 347 g/mol. The number of fused-ring (bicyclic) bond motifs is 2. The summed E-state index contributed by atoms with van der Waals surface area (Å²) in [6.07, 6.45) is 0. The van der Waals surface area contributed by atoms with Crippen LogP contribution in [-0.4, -0.2) is 0 Å². The number of rotatable bonds is 1. The van der Waals surface area contributed by atoms with E-state index in [2.05, 4.69) is 82.7 Å². The molecule has 0 aliphatic heterocycles. The molecular formula is C20H14BrN. The van der Waals surface area contributed by atoms with Crippen molar-refractivity contribution in [3.63, 3.8) is 0 Å². The number of benzene rings is 4. The standard InChI is InChI=1S/C20H14BrN/c21-18-11-10-17(15-7-3-4-8-16(15)18)20-14-6-2-1-5-13(14)9-12-19(20)22/h1-12H,22H2. The fourth-order valence-electron chi connectivity index (χ4n) is 3.07. The molecule has 4 aromatic rings. The Labute approximate surface area is 137 Å². The number of nitrogen functional groups attached to an aromatic ring is 1. The molecule has 0 amide bonds. The van der Waals surface area contributed by atoms with Crippen molar-refractivity contribution in [1.82, 2.24) is 0 Å². The van der Waals surface area contributed by atoms with Gasteiger partial charge in [-0.05, 0) is 39.2 Å². The van der Waals surface area contributed by atoms with Gasteiger partial charge in [-0.25, -0.2) is 0 Å². The Hall–Kier alpha value is -2.32. The first-order valence-electron chi connectivity index (χ1n) is 7.20. The van der Waals surface area contributed by atoms with Crippen LogP contribution in [0.25, 0.3) is 32.7 Å². The summed E-state index contributed by atoms with van der Waals surface area (Å²) in [6, 6.07) is 25.1. The molecule has 0 fully saturated rings. The van der Waals surface area contributed by atoms with E-state index >= 15 is 0 Å². The van der Waals surface area contributed by atoms with Gasteiger partial charge in [-0.1, -0.05) is 76.6 Å². The Kier molecular flexibility index (Phi) is 3.12. The lowest BCUT2D eigenvalue weighted by Gasteiger charge is -2.14. The van der Waals surface area contributed by atoms with E-state index in [9.17, 15) is 0 Å². The minimum Gasteiger partial charge on any atom is -0.398 e. The summed E-state index contributed by atoms with van der Waals surface area (Å²) in [7, 11) is 0. The predicted molar refractivity (Wildman–Crippen MR) is 99.0 cm³/mol. The van der Waals surface area contributed by atoms with Crippen LogP contribution < -0.4 is 5.73 Å². The van der Waals surface area contributed by atoms with Crippen molar-refractivity contribution < 1.29 is 0 Å². The second kappa shape index (κ2) is 5.15. The summed E-state index contributed by atoms with van der Waals surface area (Å²) in [5.41, 5.74) is 9.43. The van der Waals surface area contributed by atoms with Crippen LogP contribution in [0.15, 0.2) is 77.3 Å². The van der Waals surface area contributed by atoms with Crippen LogP contribution in [0.3, 0.4) is 0 Å². The van der Waals surface area contributed by atoms with Gasteiger partial charge in [-0.2, -0.15) is 0 Å². The Morgan fingerprint density at radius 1 is 0.636 bits per heavy atom. The van der Waals surface area contributed by atoms with Crippen molar-refractivity contribution >= 4 is 43.2 Å². The molecule has 0 bridgehead atoms. The second-order valence-electron chi connectivity index (χ2n) is 5.39. The van der Waals surface area contributed by atoms with Crippen LogP contribution in [0.1, 0.15) is 0 Å². The number of hydrogen-bond acceptors (Lipinski definition) is 1. The summed E-state index contributed by atoms with van der Waals surface area (Å²) in [5, 5.41) is 4.81. The largest absolute Gasteiger partial charge is 0.398 e. The first-order valence-corrected chi connectivity index (χ1v) is 8.00. The van der Waals surface area contributed by atoms with Gasteiger partial charge < -0.3 is 5.73 Å². The van der Waals surface area contributed by atoms with Gasteiger partial charge in [-0.15, -0.1) is 0 Å². The maximum Gasteiger partial charge on any atom is 0.0400 e. The molecule has 0 heterocycles. The van der Waals surface area contributed by atoms with Crippen LogP contribution in [0.2, 0.25) is 0 Å². The van der Waals surface area contributed by atoms with E-state index in [0.29, 0.717) is 0 Å². The molecule has 0 unspecified atom stereocenters. The minimum absolute atomic E-state index is 0.811. The molecule has 4 aromatic carbocycles. The minimum atomic E-state index is 0.811. The van der Waals surface area contributed by atoms with Crippen molar-refractivity contribution in [2.45, 2.75) is 0 Å². The van der Waals surface area contributed by atoms with Crippen molar-refractivity contribution in [3.05, 3.63) is 77.3 Å². The van der Waals surface area contributed by atoms with E-state index in [1.807, 2.05) is 6.07 Å². The third-order valence-corrected chi connectivity index (χ3v) is 4.79. The topological polar surface area (TPSA) is 26.0 Å². The zero-order valence-electron chi connectivity index (χ0n) is 11.9. The first kappa shape index (κ1) is 13.4. The van der Waals surface area contributed by atoms with E-state index in [0.717, 1.165) is 15.7 Å². The van der Waals surface area contributed by atoms with E-state index in [4.69, 9.17) is 5.73 Å². The van der Waals surface area contributed by atoms with Gasteiger partial charge in [0.15, 0.2) is 0 Å². The highest BCUT2D eigenvalue weighted by atomic mass is 79.9. The number of anilines is 1. The van der Waals surface area contributed by atoms with Crippen molar-refractivity contribution in [2.75, 3.05) is 5.73 Å². The highest BCUT2D eigenvalue weighted by molar-refractivity contribution is 9.10. The van der Waals surface area contributed by atoms with Gasteiger partial charge in [0.2, 0.25) is 0 Å². The van der Waals surface area contributed by atoms with Crippen molar-refractivity contribution in [3.8, 4) is 11.1 Å². The average Bonchev–Trinajstić information content (AvgIpc) is 2.56. The summed E-state index contributed by atoms with van der Waals surface area (Å²) in [6.45, 7) is 0. The van der Waals surface area contributed by atoms with E-state index in [1.54, 1.807) is 0 Å². The van der Waals surface area contributed by atoms with Crippen LogP contribution >= 0.6 is 15.9 Å². The number of nitrogens with two attached hydrogens (primary N) is 1. The molecular weight excluding hydrogens is 334 g/mol. The molecule has 2 heteroatoms. The predicted octanol–water partition coefficient (Wildman–Crippen LogP) is 6.00. The number of halogens is 1. The Morgan fingerprint density at radius 3 is 2.14 bits per heavy atom. The van der Waals surface area contributed by atoms with Gasteiger partial charge >= 0.3 is 0 Å². The molecule has 0 aliphatic carbocycles. The summed E-state index contributed by atoms with van der Waals surface area (Å²) in [5.74, 6) is 0. The van der Waals surface area contributed by atoms with Gasteiger partial charge in [-0.3, -0.25) is 0 Å². The fourth-order valence-corrected chi connectivity index (χ4v) is 3.55. The second-order valence-corrected chi connectivity index (χ2v) is 6.25. The Bertz CT molecular complexity index is 1000. The van der Waals surface area contributed by atoms with Crippen molar-refractivity contribution in [2.24, 2.45) is 0 Å². The lowest BCUT2D eigenvalue weighted by Crippen LogP contribution is -1.92. The van der Waals surface area contributed by atoms with Crippen molar-refractivity contribution in [1.29, 1.82) is 0 Å². The summed E-state index contributed by atoms with van der Waals surface area (Å²) in [4.78, 5) is 0. The first-order chi connectivity index (χ1) is 10.8. The molecule has 2 N–H and O–H groups in total. The molecule has 22 heavy (non-hydrogen) atoms. The molecule has 0 saturated heterocycles. The quantitative estimate of drug-likeness (QED) is 0.419. The average molecular weight is 348 g/mol. The highest BCUT2D eigenvalue weighted by Gasteiger charge is 2.12. The van der Waals surface area contributed by atoms with Crippen LogP contribution in [0.4, 0.5) is 5.69 Å². The Balaban J connectivity index is 2.17. The molecule has 1 nitrogen and oxygen atoms in total. The van der Waals surface area contributed by atoms with Crippen LogP contribution in [-0.2, 0) is 0 Å². The van der Waals surface area contributed by atoms with E-state index in [1.165, 1.54) is 27.1 Å². The lowest BCUT2D eigenvalue weighted by atomic mass is 9.93. The third-order valence-electron chi connectivity index (χ3n) is 4.10. The zero-order valence-corrected chi connectivity index (χ0v) is 13.5. The third kappa shape index (κ3) is 1.99. The Morgan fingerprint density at radius 2 is 1.32 bits per heavy atom. The molecule has 4 rings (SSSR count). The normalized spacial score (nSPS) is 11.1. The van der Waals surface area contributed by atoms with Gasteiger partial charge in [0.25, 0.3) is 0 Å². The maximum atomic E-state index is 6.34. The van der Waals surface area contributed by atoms with E-state index in [-0.39, 0.29) is 0 Å². The SMILES string of the molecule is Nc1ccc2ccccc2c1-c1ccc(Br)c2ccccc12. The van der Waals surface area contributed by atoms with Crippen LogP contribution in [0.5, 0.6) is 0 Å². The molecule has 0 aromatic heterocycles. The van der Waals surface area contributed by atoms with E-state index < -0.39 is 0 Å². The zero-order chi connectivity index (χ0) is 15.1. The molecule has 106 valence electrons. The number of hydrogen-bond donors (Lipinski definition) is 1. The molecule has 0 atom stereocenters.